The molecule has 0 aliphatic heterocycles. The smallest absolute Gasteiger partial charge is 0.320 e. The van der Waals surface area contributed by atoms with Crippen molar-refractivity contribution < 1.29 is 19.1 Å². The first kappa shape index (κ1) is 15.4. The Kier molecular flexibility index (Phi) is 4.89. The van der Waals surface area contributed by atoms with Crippen LogP contribution in [0.25, 0.3) is 0 Å². The largest absolute Gasteiger partial charge is 0.465 e. The lowest BCUT2D eigenvalue weighted by molar-refractivity contribution is -0.162. The van der Waals surface area contributed by atoms with E-state index in [1.165, 1.54) is 0 Å². The highest BCUT2D eigenvalue weighted by atomic mass is 16.5. The second-order valence-electron chi connectivity index (χ2n) is 5.40. The standard InChI is InChI=1S/C17H20O4/c1-2-21-16(20)17(11-7-6-10-15(17)19)12-14(18)13-8-4-3-5-9-13/h3-5,8-9H,2,6-7,10-12H2,1H3/t17-/m1/s1. The van der Waals surface area contributed by atoms with Crippen LogP contribution in [-0.4, -0.2) is 24.1 Å². The van der Waals surface area contributed by atoms with Crippen LogP contribution in [0.3, 0.4) is 0 Å². The second kappa shape index (κ2) is 6.66. The van der Waals surface area contributed by atoms with E-state index < -0.39 is 11.4 Å². The maximum atomic E-state index is 12.4. The first-order valence-corrected chi connectivity index (χ1v) is 7.39. The summed E-state index contributed by atoms with van der Waals surface area (Å²) in [5.74, 6) is -0.880. The summed E-state index contributed by atoms with van der Waals surface area (Å²) in [7, 11) is 0. The van der Waals surface area contributed by atoms with Gasteiger partial charge in [0.15, 0.2) is 11.6 Å². The van der Waals surface area contributed by atoms with E-state index in [9.17, 15) is 14.4 Å². The minimum atomic E-state index is -1.28. The summed E-state index contributed by atoms with van der Waals surface area (Å²) in [5, 5.41) is 0. The van der Waals surface area contributed by atoms with Crippen molar-refractivity contribution in [1.29, 1.82) is 0 Å². The van der Waals surface area contributed by atoms with Crippen molar-refractivity contribution in [2.24, 2.45) is 5.41 Å². The summed E-state index contributed by atoms with van der Waals surface area (Å²) in [4.78, 5) is 37.1. The molecule has 0 aromatic heterocycles. The van der Waals surface area contributed by atoms with Gasteiger partial charge in [-0.25, -0.2) is 0 Å². The lowest BCUT2D eigenvalue weighted by atomic mass is 9.69. The molecule has 4 nitrogen and oxygen atoms in total. The molecule has 1 atom stereocenters. The van der Waals surface area contributed by atoms with Gasteiger partial charge in [-0.05, 0) is 19.8 Å². The minimum Gasteiger partial charge on any atom is -0.465 e. The Morgan fingerprint density at radius 3 is 2.52 bits per heavy atom. The number of carbonyl (C=O) groups is 3. The number of ketones is 2. The molecule has 1 aromatic carbocycles. The van der Waals surface area contributed by atoms with Crippen molar-refractivity contribution >= 4 is 17.5 Å². The van der Waals surface area contributed by atoms with E-state index in [-0.39, 0.29) is 24.6 Å². The lowest BCUT2D eigenvalue weighted by Crippen LogP contribution is -2.44. The highest BCUT2D eigenvalue weighted by Crippen LogP contribution is 2.38. The van der Waals surface area contributed by atoms with Crippen LogP contribution in [-0.2, 0) is 14.3 Å². The van der Waals surface area contributed by atoms with Crippen LogP contribution >= 0.6 is 0 Å². The molecule has 4 heteroatoms. The minimum absolute atomic E-state index is 0.0886. The van der Waals surface area contributed by atoms with Crippen LogP contribution in [0.2, 0.25) is 0 Å². The molecule has 21 heavy (non-hydrogen) atoms. The van der Waals surface area contributed by atoms with Gasteiger partial charge in [0.1, 0.15) is 5.41 Å². The van der Waals surface area contributed by atoms with Crippen molar-refractivity contribution in [1.82, 2.24) is 0 Å². The normalized spacial score (nSPS) is 21.9. The molecule has 0 spiro atoms. The van der Waals surface area contributed by atoms with Crippen molar-refractivity contribution in [2.75, 3.05) is 6.61 Å². The van der Waals surface area contributed by atoms with E-state index in [1.807, 2.05) is 6.07 Å². The third-order valence-electron chi connectivity index (χ3n) is 4.02. The van der Waals surface area contributed by atoms with Crippen LogP contribution in [0.1, 0.15) is 49.4 Å². The molecular formula is C17H20O4. The maximum Gasteiger partial charge on any atom is 0.320 e. The number of rotatable bonds is 5. The van der Waals surface area contributed by atoms with Gasteiger partial charge in [-0.15, -0.1) is 0 Å². The molecule has 2 rings (SSSR count). The zero-order valence-electron chi connectivity index (χ0n) is 12.3. The zero-order valence-corrected chi connectivity index (χ0v) is 12.3. The van der Waals surface area contributed by atoms with E-state index in [0.717, 1.165) is 12.8 Å². The molecule has 0 radical (unpaired) electrons. The highest BCUT2D eigenvalue weighted by Gasteiger charge is 2.49. The molecule has 1 aromatic rings. The summed E-state index contributed by atoms with van der Waals surface area (Å²) in [6.07, 6.45) is 2.21. The molecule has 0 saturated heterocycles. The van der Waals surface area contributed by atoms with Crippen LogP contribution in [0, 0.1) is 5.41 Å². The van der Waals surface area contributed by atoms with E-state index in [1.54, 1.807) is 31.2 Å². The van der Waals surface area contributed by atoms with Gasteiger partial charge < -0.3 is 4.74 Å². The third-order valence-corrected chi connectivity index (χ3v) is 4.02. The van der Waals surface area contributed by atoms with Crippen LogP contribution < -0.4 is 0 Å². The number of hydrogen-bond acceptors (Lipinski definition) is 4. The van der Waals surface area contributed by atoms with Crippen molar-refractivity contribution in [2.45, 2.75) is 39.0 Å². The molecule has 0 heterocycles. The summed E-state index contributed by atoms with van der Waals surface area (Å²) in [6, 6.07) is 8.77. The molecule has 112 valence electrons. The predicted octanol–water partition coefficient (Wildman–Crippen LogP) is 2.95. The lowest BCUT2D eigenvalue weighted by Gasteiger charge is -2.32. The van der Waals surface area contributed by atoms with E-state index in [4.69, 9.17) is 4.74 Å². The summed E-state index contributed by atoms with van der Waals surface area (Å²) < 4.78 is 5.08. The van der Waals surface area contributed by atoms with Gasteiger partial charge in [0.2, 0.25) is 0 Å². The summed E-state index contributed by atoms with van der Waals surface area (Å²) >= 11 is 0. The first-order chi connectivity index (χ1) is 10.1. The van der Waals surface area contributed by atoms with Gasteiger partial charge in [-0.1, -0.05) is 36.8 Å². The molecule has 1 saturated carbocycles. The predicted molar refractivity (Wildman–Crippen MR) is 77.9 cm³/mol. The number of ether oxygens (including phenoxy) is 1. The maximum absolute atomic E-state index is 12.4. The van der Waals surface area contributed by atoms with Crippen LogP contribution in [0.5, 0.6) is 0 Å². The first-order valence-electron chi connectivity index (χ1n) is 7.39. The molecular weight excluding hydrogens is 268 g/mol. The topological polar surface area (TPSA) is 60.4 Å². The Balaban J connectivity index is 2.26. The van der Waals surface area contributed by atoms with Crippen LogP contribution in [0.4, 0.5) is 0 Å². The summed E-state index contributed by atoms with van der Waals surface area (Å²) in [6.45, 7) is 1.92. The number of esters is 1. The van der Waals surface area contributed by atoms with Crippen LogP contribution in [0.15, 0.2) is 30.3 Å². The second-order valence-corrected chi connectivity index (χ2v) is 5.40. The molecule has 0 amide bonds. The number of hydrogen-bond donors (Lipinski definition) is 0. The van der Waals surface area contributed by atoms with E-state index >= 15 is 0 Å². The quantitative estimate of drug-likeness (QED) is 0.475. The fraction of sp³-hybridized carbons (Fsp3) is 0.471. The molecule has 1 fully saturated rings. The van der Waals surface area contributed by atoms with Gasteiger partial charge in [0.05, 0.1) is 6.61 Å². The Hall–Kier alpha value is -1.97. The van der Waals surface area contributed by atoms with Gasteiger partial charge in [-0.3, -0.25) is 14.4 Å². The van der Waals surface area contributed by atoms with Crippen molar-refractivity contribution in [3.05, 3.63) is 35.9 Å². The Morgan fingerprint density at radius 1 is 1.19 bits per heavy atom. The molecule has 1 aliphatic rings. The molecule has 0 unspecified atom stereocenters. The van der Waals surface area contributed by atoms with Crippen molar-refractivity contribution in [3.63, 3.8) is 0 Å². The van der Waals surface area contributed by atoms with E-state index in [0.29, 0.717) is 18.4 Å². The monoisotopic (exact) mass is 288 g/mol. The fourth-order valence-electron chi connectivity index (χ4n) is 2.84. The fourth-order valence-corrected chi connectivity index (χ4v) is 2.84. The number of benzene rings is 1. The number of Topliss-reactive ketones (excluding diaryl/α,β-unsaturated/α-hetero) is 2. The molecule has 0 N–H and O–H groups in total. The SMILES string of the molecule is CCOC(=O)[C@@]1(CC(=O)c2ccccc2)CCCCC1=O. The Bertz CT molecular complexity index is 535. The van der Waals surface area contributed by atoms with Crippen molar-refractivity contribution in [3.8, 4) is 0 Å². The average molecular weight is 288 g/mol. The molecule has 0 bridgehead atoms. The number of carbonyl (C=O) groups excluding carboxylic acids is 3. The van der Waals surface area contributed by atoms with Gasteiger partial charge >= 0.3 is 5.97 Å². The zero-order chi connectivity index (χ0) is 15.3. The third kappa shape index (κ3) is 3.20. The van der Waals surface area contributed by atoms with Gasteiger partial charge in [0.25, 0.3) is 0 Å². The Labute approximate surface area is 124 Å². The van der Waals surface area contributed by atoms with Gasteiger partial charge in [-0.2, -0.15) is 0 Å². The molecule has 1 aliphatic carbocycles. The Morgan fingerprint density at radius 2 is 1.90 bits per heavy atom. The highest BCUT2D eigenvalue weighted by molar-refractivity contribution is 6.10. The van der Waals surface area contributed by atoms with Gasteiger partial charge in [0, 0.05) is 18.4 Å². The van der Waals surface area contributed by atoms with E-state index in [2.05, 4.69) is 0 Å². The average Bonchev–Trinajstić information content (AvgIpc) is 2.50. The summed E-state index contributed by atoms with van der Waals surface area (Å²) in [5.41, 5.74) is -0.749.